The Bertz CT molecular complexity index is 327. The Balaban J connectivity index is 0.00000154. The van der Waals surface area contributed by atoms with Gasteiger partial charge in [0.25, 0.3) is 0 Å². The highest BCUT2D eigenvalue weighted by Crippen LogP contribution is 2.14. The lowest BCUT2D eigenvalue weighted by Crippen LogP contribution is -2.39. The fraction of sp³-hybridized carbons (Fsp3) is 0.688. The van der Waals surface area contributed by atoms with Gasteiger partial charge in [0.2, 0.25) is 0 Å². The molecule has 3 heteroatoms. The highest BCUT2D eigenvalue weighted by Gasteiger charge is 2.18. The van der Waals surface area contributed by atoms with Gasteiger partial charge >= 0.3 is 0 Å². The van der Waals surface area contributed by atoms with Gasteiger partial charge in [0, 0.05) is 44.0 Å². The van der Waals surface area contributed by atoms with E-state index in [1.807, 2.05) is 20.8 Å². The number of piperidine rings is 1. The predicted molar refractivity (Wildman–Crippen MR) is 87.0 cm³/mol. The van der Waals surface area contributed by atoms with E-state index in [9.17, 15) is 0 Å². The molecule has 0 spiro atoms. The van der Waals surface area contributed by atoms with Crippen molar-refractivity contribution in [3.63, 3.8) is 0 Å². The van der Waals surface area contributed by atoms with Crippen LogP contribution in [0, 0.1) is 0 Å². The van der Waals surface area contributed by atoms with Crippen LogP contribution < -0.4 is 0 Å². The number of hydrogen-bond donors (Lipinski definition) is 0. The van der Waals surface area contributed by atoms with Crippen molar-refractivity contribution in [2.75, 3.05) is 40.3 Å². The average Bonchev–Trinajstić information content (AvgIpc) is 2.39. The van der Waals surface area contributed by atoms with Gasteiger partial charge in [0.15, 0.2) is 0 Å². The first kappa shape index (κ1) is 18.1. The minimum absolute atomic E-state index is 0.904. The summed E-state index contributed by atoms with van der Waals surface area (Å²) >= 11 is 0. The maximum absolute atomic E-state index is 4.54. The van der Waals surface area contributed by atoms with Crippen molar-refractivity contribution in [1.82, 2.24) is 9.80 Å². The number of likely N-dealkylation sites (tertiary alicyclic amines) is 1. The third-order valence-corrected chi connectivity index (χ3v) is 2.97. The highest BCUT2D eigenvalue weighted by molar-refractivity contribution is 6.01. The van der Waals surface area contributed by atoms with Gasteiger partial charge in [0.05, 0.1) is 0 Å². The summed E-state index contributed by atoms with van der Waals surface area (Å²) in [4.78, 5) is 9.26. The molecule has 0 N–H and O–H groups in total. The third-order valence-electron chi connectivity index (χ3n) is 2.97. The lowest BCUT2D eigenvalue weighted by Gasteiger charge is -2.30. The molecular formula is C16H31N3. The average molecular weight is 265 g/mol. The van der Waals surface area contributed by atoms with Crippen LogP contribution in [0.4, 0.5) is 0 Å². The maximum atomic E-state index is 4.54. The minimum atomic E-state index is 0.904. The van der Waals surface area contributed by atoms with Gasteiger partial charge in [0.1, 0.15) is 0 Å². The summed E-state index contributed by atoms with van der Waals surface area (Å²) < 4.78 is 0. The number of nitrogens with zero attached hydrogens (tertiary/aromatic N) is 3. The second-order valence-electron chi connectivity index (χ2n) is 4.94. The molecule has 1 heterocycles. The van der Waals surface area contributed by atoms with E-state index in [2.05, 4.69) is 48.5 Å². The molecular weight excluding hydrogens is 234 g/mol. The van der Waals surface area contributed by atoms with Crippen LogP contribution >= 0.6 is 0 Å². The van der Waals surface area contributed by atoms with Crippen molar-refractivity contribution in [3.8, 4) is 0 Å². The Hall–Kier alpha value is -0.930. The van der Waals surface area contributed by atoms with Crippen molar-refractivity contribution >= 4 is 5.71 Å². The van der Waals surface area contributed by atoms with Crippen LogP contribution in [0.5, 0.6) is 0 Å². The largest absolute Gasteiger partial charge is 0.308 e. The van der Waals surface area contributed by atoms with Crippen LogP contribution in [-0.2, 0) is 0 Å². The third kappa shape index (κ3) is 7.28. The molecule has 0 amide bonds. The van der Waals surface area contributed by atoms with Gasteiger partial charge in [-0.3, -0.25) is 9.89 Å². The van der Waals surface area contributed by atoms with E-state index in [1.54, 1.807) is 0 Å². The topological polar surface area (TPSA) is 18.8 Å². The molecule has 19 heavy (non-hydrogen) atoms. The van der Waals surface area contributed by atoms with Crippen molar-refractivity contribution < 1.29 is 0 Å². The first-order valence-electron chi connectivity index (χ1n) is 7.28. The molecule has 1 saturated heterocycles. The zero-order valence-electron chi connectivity index (χ0n) is 13.7. The lowest BCUT2D eigenvalue weighted by atomic mass is 10.0. The van der Waals surface area contributed by atoms with Crippen LogP contribution in [0.1, 0.15) is 34.1 Å². The van der Waals surface area contributed by atoms with Crippen LogP contribution in [0.3, 0.4) is 0 Å². The molecule has 1 fully saturated rings. The summed E-state index contributed by atoms with van der Waals surface area (Å²) in [5.74, 6) is 0. The predicted octanol–water partition coefficient (Wildman–Crippen LogP) is 3.20. The minimum Gasteiger partial charge on any atom is -0.308 e. The molecule has 0 unspecified atom stereocenters. The van der Waals surface area contributed by atoms with E-state index in [0.717, 1.165) is 38.3 Å². The highest BCUT2D eigenvalue weighted by atomic mass is 15.2. The van der Waals surface area contributed by atoms with Crippen LogP contribution in [-0.4, -0.2) is 55.8 Å². The summed E-state index contributed by atoms with van der Waals surface area (Å²) in [7, 11) is 4.24. The molecule has 1 rings (SSSR count). The van der Waals surface area contributed by atoms with Crippen molar-refractivity contribution in [3.05, 3.63) is 23.9 Å². The Morgan fingerprint density at radius 3 is 2.53 bits per heavy atom. The van der Waals surface area contributed by atoms with Crippen molar-refractivity contribution in [2.45, 2.75) is 34.1 Å². The van der Waals surface area contributed by atoms with E-state index < -0.39 is 0 Å². The maximum Gasteiger partial charge on any atom is 0.0460 e. The quantitative estimate of drug-likeness (QED) is 0.777. The molecule has 0 radical (unpaired) electrons. The van der Waals surface area contributed by atoms with Gasteiger partial charge in [-0.1, -0.05) is 26.5 Å². The van der Waals surface area contributed by atoms with Gasteiger partial charge < -0.3 is 4.90 Å². The van der Waals surface area contributed by atoms with Crippen molar-refractivity contribution in [1.29, 1.82) is 0 Å². The molecule has 1 aliphatic heterocycles. The second kappa shape index (κ2) is 9.93. The van der Waals surface area contributed by atoms with Gasteiger partial charge in [-0.15, -0.1) is 0 Å². The first-order valence-corrected chi connectivity index (χ1v) is 7.28. The number of aliphatic imine (C=N–C) groups is 1. The number of hydrogen-bond acceptors (Lipinski definition) is 3. The smallest absolute Gasteiger partial charge is 0.0460 e. The molecule has 0 aromatic carbocycles. The van der Waals surface area contributed by atoms with E-state index in [0.29, 0.717) is 0 Å². The zero-order chi connectivity index (χ0) is 14.8. The van der Waals surface area contributed by atoms with E-state index in [4.69, 9.17) is 0 Å². The summed E-state index contributed by atoms with van der Waals surface area (Å²) in [6.45, 7) is 16.3. The molecule has 0 saturated carbocycles. The summed E-state index contributed by atoms with van der Waals surface area (Å²) in [6, 6.07) is 0. The van der Waals surface area contributed by atoms with Gasteiger partial charge in [-0.25, -0.2) is 0 Å². The molecule has 0 aromatic heterocycles. The molecule has 110 valence electrons. The normalized spacial score (nSPS) is 20.6. The second-order valence-corrected chi connectivity index (χ2v) is 4.94. The molecule has 0 aliphatic carbocycles. The van der Waals surface area contributed by atoms with E-state index in [1.165, 1.54) is 11.3 Å². The summed E-state index contributed by atoms with van der Waals surface area (Å²) in [5.41, 5.74) is 3.49. The molecule has 0 atom stereocenters. The van der Waals surface area contributed by atoms with E-state index >= 15 is 0 Å². The SMILES string of the molecule is C=C(C)N=C1CCN(CCN(C)C)C/C1=C/C.CC. The Morgan fingerprint density at radius 2 is 2.05 bits per heavy atom. The molecule has 1 aliphatic rings. The summed E-state index contributed by atoms with van der Waals surface area (Å²) in [5, 5.41) is 0. The Kier molecular flexibility index (Phi) is 9.44. The number of likely N-dealkylation sites (N-methyl/N-ethyl adjacent to an activating group) is 1. The van der Waals surface area contributed by atoms with Crippen LogP contribution in [0.2, 0.25) is 0 Å². The Morgan fingerprint density at radius 1 is 1.42 bits per heavy atom. The lowest BCUT2D eigenvalue weighted by molar-refractivity contribution is 0.257. The molecule has 3 nitrogen and oxygen atoms in total. The zero-order valence-corrected chi connectivity index (χ0v) is 13.7. The fourth-order valence-electron chi connectivity index (χ4n) is 1.98. The molecule has 0 aromatic rings. The van der Waals surface area contributed by atoms with Crippen LogP contribution in [0.25, 0.3) is 0 Å². The monoisotopic (exact) mass is 265 g/mol. The number of allylic oxidation sites excluding steroid dienone is 2. The standard InChI is InChI=1S/C14H25N3.C2H6/c1-6-13-11-17(10-9-16(4)5)8-7-14(13)15-12(2)3;1-2/h6H,2,7-11H2,1,3-5H3;1-2H3/b13-6-,15-14?;. The first-order chi connectivity index (χ1) is 9.02. The molecule has 0 bridgehead atoms. The van der Waals surface area contributed by atoms with Crippen molar-refractivity contribution in [2.24, 2.45) is 4.99 Å². The van der Waals surface area contributed by atoms with E-state index in [-0.39, 0.29) is 0 Å². The summed E-state index contributed by atoms with van der Waals surface area (Å²) in [6.07, 6.45) is 3.23. The van der Waals surface area contributed by atoms with Gasteiger partial charge in [-0.2, -0.15) is 0 Å². The number of rotatable bonds is 4. The van der Waals surface area contributed by atoms with Crippen LogP contribution in [0.15, 0.2) is 28.9 Å². The Labute approximate surface area is 119 Å². The van der Waals surface area contributed by atoms with Gasteiger partial charge in [-0.05, 0) is 33.5 Å². The fourth-order valence-corrected chi connectivity index (χ4v) is 1.98.